The van der Waals surface area contributed by atoms with Gasteiger partial charge in [-0.25, -0.2) is 0 Å². The first kappa shape index (κ1) is 17.4. The van der Waals surface area contributed by atoms with Gasteiger partial charge >= 0.3 is 0 Å². The van der Waals surface area contributed by atoms with E-state index in [0.29, 0.717) is 31.9 Å². The van der Waals surface area contributed by atoms with E-state index in [9.17, 15) is 4.79 Å². The molecular formula is C19H28N2O3. The van der Waals surface area contributed by atoms with E-state index >= 15 is 0 Å². The topological polar surface area (TPSA) is 50.8 Å². The largest absolute Gasteiger partial charge is 0.376 e. The Morgan fingerprint density at radius 1 is 1.08 bits per heavy atom. The quantitative estimate of drug-likeness (QED) is 0.898. The van der Waals surface area contributed by atoms with Crippen LogP contribution in [0.5, 0.6) is 0 Å². The molecule has 3 rings (SSSR count). The molecule has 24 heavy (non-hydrogen) atoms. The fraction of sp³-hybridized carbons (Fsp3) is 0.632. The molecule has 2 aliphatic heterocycles. The number of carbonyl (C=O) groups excluding carboxylic acids is 1. The molecular weight excluding hydrogens is 304 g/mol. The Bertz CT molecular complexity index is 504. The maximum absolute atomic E-state index is 12.2. The van der Waals surface area contributed by atoms with Crippen LogP contribution in [-0.2, 0) is 16.0 Å². The van der Waals surface area contributed by atoms with Crippen molar-refractivity contribution in [1.82, 2.24) is 10.2 Å². The third-order valence-corrected chi connectivity index (χ3v) is 4.70. The molecule has 2 fully saturated rings. The van der Waals surface area contributed by atoms with Crippen LogP contribution in [0.4, 0.5) is 0 Å². The second-order valence-corrected chi connectivity index (χ2v) is 6.67. The molecule has 2 aliphatic rings. The highest BCUT2D eigenvalue weighted by molar-refractivity contribution is 5.94. The number of hydrogen-bond acceptors (Lipinski definition) is 4. The van der Waals surface area contributed by atoms with Crippen LogP contribution in [0.15, 0.2) is 24.3 Å². The summed E-state index contributed by atoms with van der Waals surface area (Å²) in [6.07, 6.45) is 5.27. The highest BCUT2D eigenvalue weighted by atomic mass is 16.6. The van der Waals surface area contributed by atoms with Gasteiger partial charge in [-0.2, -0.15) is 0 Å². The normalized spacial score (nSPS) is 22.8. The molecule has 5 heteroatoms. The molecule has 0 bridgehead atoms. The van der Waals surface area contributed by atoms with Gasteiger partial charge < -0.3 is 14.8 Å². The Morgan fingerprint density at radius 3 is 2.50 bits per heavy atom. The van der Waals surface area contributed by atoms with Crippen LogP contribution in [0.2, 0.25) is 0 Å². The first-order valence-corrected chi connectivity index (χ1v) is 9.10. The van der Waals surface area contributed by atoms with Gasteiger partial charge in [0.1, 0.15) is 0 Å². The molecule has 1 unspecified atom stereocenters. The lowest BCUT2D eigenvalue weighted by atomic mass is 10.1. The zero-order chi connectivity index (χ0) is 16.6. The van der Waals surface area contributed by atoms with Crippen LogP contribution >= 0.6 is 0 Å². The fourth-order valence-electron chi connectivity index (χ4n) is 3.28. The van der Waals surface area contributed by atoms with Crippen molar-refractivity contribution in [2.45, 2.75) is 38.3 Å². The van der Waals surface area contributed by atoms with Crippen molar-refractivity contribution < 1.29 is 14.3 Å². The van der Waals surface area contributed by atoms with E-state index in [1.165, 1.54) is 44.3 Å². The number of likely N-dealkylation sites (tertiary alicyclic amines) is 1. The molecule has 1 atom stereocenters. The Kier molecular flexibility index (Phi) is 6.64. The molecule has 1 aromatic rings. The Morgan fingerprint density at radius 2 is 1.83 bits per heavy atom. The number of rotatable bonds is 5. The number of ether oxygens (including phenoxy) is 2. The van der Waals surface area contributed by atoms with Gasteiger partial charge in [-0.15, -0.1) is 0 Å². The molecule has 132 valence electrons. The van der Waals surface area contributed by atoms with Crippen molar-refractivity contribution in [3.05, 3.63) is 35.4 Å². The van der Waals surface area contributed by atoms with Gasteiger partial charge in [0.05, 0.1) is 25.9 Å². The second kappa shape index (κ2) is 9.16. The van der Waals surface area contributed by atoms with Crippen LogP contribution in [0.25, 0.3) is 0 Å². The van der Waals surface area contributed by atoms with Gasteiger partial charge in [0.25, 0.3) is 5.91 Å². The molecule has 5 nitrogen and oxygen atoms in total. The smallest absolute Gasteiger partial charge is 0.251 e. The molecule has 1 amide bonds. The van der Waals surface area contributed by atoms with Gasteiger partial charge in [0.2, 0.25) is 0 Å². The molecule has 1 aromatic carbocycles. The van der Waals surface area contributed by atoms with Crippen LogP contribution in [0.3, 0.4) is 0 Å². The van der Waals surface area contributed by atoms with E-state index in [2.05, 4.69) is 22.3 Å². The van der Waals surface area contributed by atoms with Gasteiger partial charge in [-0.1, -0.05) is 25.0 Å². The first-order chi connectivity index (χ1) is 11.8. The van der Waals surface area contributed by atoms with Crippen LogP contribution in [-0.4, -0.2) is 56.4 Å². The number of hydrogen-bond donors (Lipinski definition) is 1. The van der Waals surface area contributed by atoms with Crippen LogP contribution in [0.1, 0.15) is 41.6 Å². The number of nitrogens with zero attached hydrogens (tertiary/aromatic N) is 1. The van der Waals surface area contributed by atoms with Crippen molar-refractivity contribution in [1.29, 1.82) is 0 Å². The van der Waals surface area contributed by atoms with Gasteiger partial charge in [0.15, 0.2) is 0 Å². The monoisotopic (exact) mass is 332 g/mol. The third-order valence-electron chi connectivity index (χ3n) is 4.70. The predicted molar refractivity (Wildman–Crippen MR) is 93.1 cm³/mol. The zero-order valence-corrected chi connectivity index (χ0v) is 14.3. The standard InChI is InChI=1S/C19H28N2O3/c22-19(20-13-18-15-23-11-12-24-18)17-7-5-16(6-8-17)14-21-9-3-1-2-4-10-21/h5-8,18H,1-4,9-15H2,(H,20,22). The lowest BCUT2D eigenvalue weighted by Gasteiger charge is -2.23. The molecule has 2 heterocycles. The van der Waals surface area contributed by atoms with Crippen molar-refractivity contribution in [2.24, 2.45) is 0 Å². The van der Waals surface area contributed by atoms with Gasteiger partial charge in [-0.3, -0.25) is 9.69 Å². The number of amides is 1. The molecule has 2 saturated heterocycles. The van der Waals surface area contributed by atoms with E-state index in [4.69, 9.17) is 9.47 Å². The maximum atomic E-state index is 12.2. The van der Waals surface area contributed by atoms with Crippen molar-refractivity contribution >= 4 is 5.91 Å². The average Bonchev–Trinajstić information content (AvgIpc) is 2.90. The third kappa shape index (κ3) is 5.30. The molecule has 0 aliphatic carbocycles. The first-order valence-electron chi connectivity index (χ1n) is 9.10. The summed E-state index contributed by atoms with van der Waals surface area (Å²) >= 11 is 0. The van der Waals surface area contributed by atoms with Gasteiger partial charge in [-0.05, 0) is 43.6 Å². The van der Waals surface area contributed by atoms with Crippen molar-refractivity contribution in [3.63, 3.8) is 0 Å². The van der Waals surface area contributed by atoms with Gasteiger partial charge in [0, 0.05) is 18.7 Å². The Labute approximate surface area is 144 Å². The molecule has 0 aromatic heterocycles. The summed E-state index contributed by atoms with van der Waals surface area (Å²) in [6.45, 7) is 5.64. The highest BCUT2D eigenvalue weighted by Crippen LogP contribution is 2.14. The summed E-state index contributed by atoms with van der Waals surface area (Å²) in [5, 5.41) is 2.92. The Balaban J connectivity index is 1.46. The van der Waals surface area contributed by atoms with E-state index in [0.717, 1.165) is 6.54 Å². The number of carbonyl (C=O) groups is 1. The van der Waals surface area contributed by atoms with Crippen LogP contribution < -0.4 is 5.32 Å². The van der Waals surface area contributed by atoms with E-state index in [1.54, 1.807) is 0 Å². The minimum atomic E-state index is -0.0505. The molecule has 0 radical (unpaired) electrons. The molecule has 0 saturated carbocycles. The lowest BCUT2D eigenvalue weighted by Crippen LogP contribution is -2.39. The summed E-state index contributed by atoms with van der Waals surface area (Å²) in [5.74, 6) is -0.0505. The SMILES string of the molecule is O=C(NCC1COCCO1)c1ccc(CN2CCCCCC2)cc1. The minimum absolute atomic E-state index is 0.0370. The second-order valence-electron chi connectivity index (χ2n) is 6.67. The van der Waals surface area contributed by atoms with Crippen molar-refractivity contribution in [3.8, 4) is 0 Å². The summed E-state index contributed by atoms with van der Waals surface area (Å²) in [4.78, 5) is 14.7. The van der Waals surface area contributed by atoms with E-state index in [-0.39, 0.29) is 12.0 Å². The molecule has 0 spiro atoms. The van der Waals surface area contributed by atoms with Crippen molar-refractivity contribution in [2.75, 3.05) is 39.5 Å². The summed E-state index contributed by atoms with van der Waals surface area (Å²) in [7, 11) is 0. The zero-order valence-electron chi connectivity index (χ0n) is 14.3. The Hall–Kier alpha value is -1.43. The van der Waals surface area contributed by atoms with Crippen LogP contribution in [0, 0.1) is 0 Å². The maximum Gasteiger partial charge on any atom is 0.251 e. The van der Waals surface area contributed by atoms with E-state index in [1.807, 2.05) is 12.1 Å². The fourth-order valence-corrected chi connectivity index (χ4v) is 3.28. The predicted octanol–water partition coefficient (Wildman–Crippen LogP) is 2.21. The summed E-state index contributed by atoms with van der Waals surface area (Å²) < 4.78 is 10.9. The lowest BCUT2D eigenvalue weighted by molar-refractivity contribution is -0.0855. The van der Waals surface area contributed by atoms with E-state index < -0.39 is 0 Å². The molecule has 1 N–H and O–H groups in total. The summed E-state index contributed by atoms with van der Waals surface area (Å²) in [5.41, 5.74) is 1.98. The number of nitrogens with one attached hydrogen (secondary N) is 1. The minimum Gasteiger partial charge on any atom is -0.376 e. The highest BCUT2D eigenvalue weighted by Gasteiger charge is 2.16. The summed E-state index contributed by atoms with van der Waals surface area (Å²) in [6, 6.07) is 7.97. The number of benzene rings is 1. The average molecular weight is 332 g/mol.